The molecule has 0 bridgehead atoms. The molecule has 4 saturated heterocycles. The highest BCUT2D eigenvalue weighted by atomic mass is 15.2. The van der Waals surface area contributed by atoms with E-state index in [4.69, 9.17) is 0 Å². The first-order valence-electron chi connectivity index (χ1n) is 19.3. The Morgan fingerprint density at radius 3 is 1.14 bits per heavy atom. The molecule has 4 aliphatic heterocycles. The molecule has 4 heterocycles. The second-order valence-electron chi connectivity index (χ2n) is 16.7. The molecule has 244 valence electrons. The van der Waals surface area contributed by atoms with Gasteiger partial charge in [-0.05, 0) is 151 Å². The fourth-order valence-electron chi connectivity index (χ4n) is 11.3. The maximum Gasteiger partial charge on any atom is 0.0232 e. The van der Waals surface area contributed by atoms with Crippen molar-refractivity contribution in [2.24, 2.45) is 21.7 Å². The van der Waals surface area contributed by atoms with Crippen LogP contribution in [0.2, 0.25) is 0 Å². The van der Waals surface area contributed by atoms with Crippen molar-refractivity contribution in [2.75, 3.05) is 52.4 Å². The molecule has 6 rings (SSSR count). The smallest absolute Gasteiger partial charge is 0.0232 e. The van der Waals surface area contributed by atoms with Gasteiger partial charge in [0.15, 0.2) is 0 Å². The van der Waals surface area contributed by atoms with Gasteiger partial charge in [-0.1, -0.05) is 53.4 Å². The van der Waals surface area contributed by atoms with E-state index in [9.17, 15) is 0 Å². The van der Waals surface area contributed by atoms with Gasteiger partial charge in [0.2, 0.25) is 0 Å². The summed E-state index contributed by atoms with van der Waals surface area (Å²) in [5, 5.41) is 7.09. The first kappa shape index (κ1) is 33.2. The number of nitrogens with one attached hydrogen (secondary N) is 2. The normalized spacial score (nSPS) is 32.0. The minimum atomic E-state index is 0.702. The first-order chi connectivity index (χ1) is 20.4. The fourth-order valence-corrected chi connectivity index (χ4v) is 11.3. The Balaban J connectivity index is 0.000000168. The van der Waals surface area contributed by atoms with E-state index in [-0.39, 0.29) is 0 Å². The average molecular weight is 585 g/mol. The van der Waals surface area contributed by atoms with Crippen LogP contribution in [-0.2, 0) is 0 Å². The topological polar surface area (TPSA) is 30.5 Å². The summed E-state index contributed by atoms with van der Waals surface area (Å²) in [4.78, 5) is 5.65. The standard InChI is InChI=1S/2C19H36N2/c2*1-3-6-18(7-4-2)8-10-19(11-9-18)12-14-21(16-19)17-5-13-20-15-17/h2*17,20H,3-16H2,1-2H3. The van der Waals surface area contributed by atoms with Crippen LogP contribution in [-0.4, -0.2) is 74.2 Å². The van der Waals surface area contributed by atoms with Gasteiger partial charge < -0.3 is 10.6 Å². The summed E-state index contributed by atoms with van der Waals surface area (Å²) in [6.45, 7) is 20.1. The number of rotatable bonds is 10. The Kier molecular flexibility index (Phi) is 11.8. The molecule has 2 N–H and O–H groups in total. The quantitative estimate of drug-likeness (QED) is 0.270. The molecular formula is C38H72N4. The van der Waals surface area contributed by atoms with E-state index < -0.39 is 0 Å². The zero-order valence-corrected chi connectivity index (χ0v) is 28.8. The fraction of sp³-hybridized carbons (Fsp3) is 1.00. The van der Waals surface area contributed by atoms with Crippen LogP contribution >= 0.6 is 0 Å². The predicted octanol–water partition coefficient (Wildman–Crippen LogP) is 8.40. The lowest BCUT2D eigenvalue weighted by Gasteiger charge is -2.45. The maximum atomic E-state index is 3.55. The lowest BCUT2D eigenvalue weighted by molar-refractivity contribution is 0.0616. The van der Waals surface area contributed by atoms with Gasteiger partial charge in [-0.25, -0.2) is 0 Å². The molecule has 0 radical (unpaired) electrons. The highest BCUT2D eigenvalue weighted by Crippen LogP contribution is 2.55. The summed E-state index contributed by atoms with van der Waals surface area (Å²) in [7, 11) is 0. The van der Waals surface area contributed by atoms with Gasteiger partial charge in [0, 0.05) is 38.3 Å². The van der Waals surface area contributed by atoms with Gasteiger partial charge in [-0.3, -0.25) is 9.80 Å². The third-order valence-corrected chi connectivity index (χ3v) is 13.9. The van der Waals surface area contributed by atoms with E-state index in [1.54, 1.807) is 0 Å². The van der Waals surface area contributed by atoms with Crippen LogP contribution in [0.1, 0.15) is 156 Å². The SMILES string of the molecule is CCCC1(CCC)CCC2(CCN(C3CCNC3)C2)CC1.CCCC1(CCC)CCC2(CCN(C3CCNC3)C2)CC1. The average Bonchev–Trinajstić information content (AvgIpc) is 3.82. The number of hydrogen-bond donors (Lipinski definition) is 2. The van der Waals surface area contributed by atoms with Crippen LogP contribution in [0.15, 0.2) is 0 Å². The number of nitrogens with zero attached hydrogens (tertiary/aromatic N) is 2. The Labute approximate surface area is 262 Å². The Morgan fingerprint density at radius 2 is 0.857 bits per heavy atom. The molecule has 0 aromatic carbocycles. The van der Waals surface area contributed by atoms with Crippen molar-refractivity contribution in [3.05, 3.63) is 0 Å². The minimum absolute atomic E-state index is 0.702. The van der Waals surface area contributed by atoms with Crippen LogP contribution in [0.25, 0.3) is 0 Å². The monoisotopic (exact) mass is 585 g/mol. The molecule has 0 amide bonds. The van der Waals surface area contributed by atoms with Gasteiger partial charge in [0.25, 0.3) is 0 Å². The second-order valence-corrected chi connectivity index (χ2v) is 16.7. The van der Waals surface area contributed by atoms with Crippen molar-refractivity contribution in [3.63, 3.8) is 0 Å². The Hall–Kier alpha value is -0.160. The van der Waals surface area contributed by atoms with Crippen molar-refractivity contribution in [1.82, 2.24) is 20.4 Å². The van der Waals surface area contributed by atoms with Crippen LogP contribution < -0.4 is 10.6 Å². The zero-order valence-electron chi connectivity index (χ0n) is 28.8. The molecule has 0 aromatic heterocycles. The third-order valence-electron chi connectivity index (χ3n) is 13.9. The summed E-state index contributed by atoms with van der Waals surface area (Å²) in [6.07, 6.45) is 29.3. The summed E-state index contributed by atoms with van der Waals surface area (Å²) in [5.41, 5.74) is 2.84. The van der Waals surface area contributed by atoms with Crippen LogP contribution in [0, 0.1) is 21.7 Å². The van der Waals surface area contributed by atoms with E-state index in [0.29, 0.717) is 10.8 Å². The molecule has 42 heavy (non-hydrogen) atoms. The highest BCUT2D eigenvalue weighted by Gasteiger charge is 2.47. The van der Waals surface area contributed by atoms with Gasteiger partial charge in [-0.2, -0.15) is 0 Å². The van der Waals surface area contributed by atoms with E-state index in [1.807, 2.05) is 0 Å². The minimum Gasteiger partial charge on any atom is -0.315 e. The lowest BCUT2D eigenvalue weighted by atomic mass is 9.60. The molecule has 2 aliphatic carbocycles. The molecule has 6 fully saturated rings. The summed E-state index contributed by atoms with van der Waals surface area (Å²) < 4.78 is 0. The second kappa shape index (κ2) is 15.0. The molecule has 2 unspecified atom stereocenters. The van der Waals surface area contributed by atoms with E-state index in [0.717, 1.165) is 22.9 Å². The molecule has 2 spiro atoms. The van der Waals surface area contributed by atoms with Crippen LogP contribution in [0.5, 0.6) is 0 Å². The molecule has 2 saturated carbocycles. The van der Waals surface area contributed by atoms with Crippen molar-refractivity contribution >= 4 is 0 Å². The Bertz CT molecular complexity index is 699. The predicted molar refractivity (Wildman–Crippen MR) is 181 cm³/mol. The third kappa shape index (κ3) is 7.79. The van der Waals surface area contributed by atoms with Crippen molar-refractivity contribution in [3.8, 4) is 0 Å². The number of likely N-dealkylation sites (tertiary alicyclic amines) is 2. The molecule has 4 heteroatoms. The van der Waals surface area contributed by atoms with E-state index in [2.05, 4.69) is 48.1 Å². The highest BCUT2D eigenvalue weighted by molar-refractivity contribution is 5.01. The largest absolute Gasteiger partial charge is 0.315 e. The Morgan fingerprint density at radius 1 is 0.500 bits per heavy atom. The van der Waals surface area contributed by atoms with Gasteiger partial charge >= 0.3 is 0 Å². The summed E-state index contributed by atoms with van der Waals surface area (Å²) in [5.74, 6) is 0. The molecule has 6 aliphatic rings. The maximum absolute atomic E-state index is 3.55. The molecular weight excluding hydrogens is 512 g/mol. The number of hydrogen-bond acceptors (Lipinski definition) is 4. The van der Waals surface area contributed by atoms with Crippen molar-refractivity contribution in [2.45, 2.75) is 168 Å². The first-order valence-corrected chi connectivity index (χ1v) is 19.3. The van der Waals surface area contributed by atoms with Crippen LogP contribution in [0.3, 0.4) is 0 Å². The summed E-state index contributed by atoms with van der Waals surface area (Å²) in [6, 6.07) is 1.70. The van der Waals surface area contributed by atoms with E-state index in [1.165, 1.54) is 181 Å². The van der Waals surface area contributed by atoms with Gasteiger partial charge in [0.1, 0.15) is 0 Å². The van der Waals surface area contributed by atoms with Gasteiger partial charge in [0.05, 0.1) is 0 Å². The summed E-state index contributed by atoms with van der Waals surface area (Å²) >= 11 is 0. The molecule has 2 atom stereocenters. The van der Waals surface area contributed by atoms with E-state index >= 15 is 0 Å². The van der Waals surface area contributed by atoms with Crippen molar-refractivity contribution in [1.29, 1.82) is 0 Å². The zero-order chi connectivity index (χ0) is 29.5. The van der Waals surface area contributed by atoms with Gasteiger partial charge in [-0.15, -0.1) is 0 Å². The van der Waals surface area contributed by atoms with Crippen LogP contribution in [0.4, 0.5) is 0 Å². The lowest BCUT2D eigenvalue weighted by Crippen LogP contribution is -2.40. The van der Waals surface area contributed by atoms with Crippen molar-refractivity contribution < 1.29 is 0 Å². The molecule has 4 nitrogen and oxygen atoms in total. The molecule has 0 aromatic rings.